The summed E-state index contributed by atoms with van der Waals surface area (Å²) in [5, 5.41) is 0. The SMILES string of the molecule is CC1OCCC1(C)N1CCC(N)C1=O. The summed E-state index contributed by atoms with van der Waals surface area (Å²) in [4.78, 5) is 13.7. The zero-order chi connectivity index (χ0) is 10.3. The Morgan fingerprint density at radius 1 is 1.64 bits per heavy atom. The third-order valence-electron chi connectivity index (χ3n) is 3.72. The molecule has 4 nitrogen and oxygen atoms in total. The molecule has 0 spiro atoms. The fraction of sp³-hybridized carbons (Fsp3) is 0.900. The molecule has 2 heterocycles. The Morgan fingerprint density at radius 2 is 2.36 bits per heavy atom. The highest BCUT2D eigenvalue weighted by Crippen LogP contribution is 2.34. The van der Waals surface area contributed by atoms with Gasteiger partial charge in [-0.2, -0.15) is 0 Å². The monoisotopic (exact) mass is 198 g/mol. The first-order valence-corrected chi connectivity index (χ1v) is 5.24. The molecule has 2 N–H and O–H groups in total. The largest absolute Gasteiger partial charge is 0.376 e. The van der Waals surface area contributed by atoms with Crippen molar-refractivity contribution in [3.8, 4) is 0 Å². The molecule has 3 atom stereocenters. The van der Waals surface area contributed by atoms with Gasteiger partial charge in [0.2, 0.25) is 5.91 Å². The first kappa shape index (κ1) is 9.93. The molecule has 2 rings (SSSR count). The summed E-state index contributed by atoms with van der Waals surface area (Å²) in [6.07, 6.45) is 1.82. The maximum atomic E-state index is 11.8. The Morgan fingerprint density at radius 3 is 2.79 bits per heavy atom. The highest BCUT2D eigenvalue weighted by molar-refractivity contribution is 5.84. The minimum atomic E-state index is -0.292. The molecule has 14 heavy (non-hydrogen) atoms. The molecule has 2 saturated heterocycles. The van der Waals surface area contributed by atoms with E-state index in [2.05, 4.69) is 6.92 Å². The molecule has 3 unspecified atom stereocenters. The van der Waals surface area contributed by atoms with Crippen molar-refractivity contribution in [2.45, 2.75) is 44.4 Å². The summed E-state index contributed by atoms with van der Waals surface area (Å²) in [5.41, 5.74) is 5.57. The Kier molecular flexibility index (Phi) is 2.27. The minimum Gasteiger partial charge on any atom is -0.376 e. The molecule has 0 aromatic rings. The van der Waals surface area contributed by atoms with Gasteiger partial charge in [0.05, 0.1) is 17.7 Å². The number of carbonyl (C=O) groups excluding carboxylic acids is 1. The second-order valence-corrected chi connectivity index (χ2v) is 4.51. The second kappa shape index (κ2) is 3.21. The molecule has 2 aliphatic heterocycles. The average molecular weight is 198 g/mol. The van der Waals surface area contributed by atoms with Gasteiger partial charge in [0.1, 0.15) is 0 Å². The van der Waals surface area contributed by atoms with E-state index in [0.717, 1.165) is 26.0 Å². The van der Waals surface area contributed by atoms with Gasteiger partial charge < -0.3 is 15.4 Å². The minimum absolute atomic E-state index is 0.0878. The van der Waals surface area contributed by atoms with E-state index >= 15 is 0 Å². The lowest BCUT2D eigenvalue weighted by Crippen LogP contribution is -2.53. The van der Waals surface area contributed by atoms with E-state index in [1.807, 2.05) is 11.8 Å². The van der Waals surface area contributed by atoms with E-state index in [4.69, 9.17) is 10.5 Å². The van der Waals surface area contributed by atoms with Crippen LogP contribution in [0.1, 0.15) is 26.7 Å². The van der Waals surface area contributed by atoms with E-state index < -0.39 is 0 Å². The third-order valence-corrected chi connectivity index (χ3v) is 3.72. The van der Waals surface area contributed by atoms with Gasteiger partial charge in [-0.3, -0.25) is 4.79 Å². The quantitative estimate of drug-likeness (QED) is 0.651. The Balaban J connectivity index is 2.18. The summed E-state index contributed by atoms with van der Waals surface area (Å²) in [6.45, 7) is 5.66. The van der Waals surface area contributed by atoms with Crippen LogP contribution >= 0.6 is 0 Å². The lowest BCUT2D eigenvalue weighted by atomic mass is 9.92. The molecule has 0 aromatic carbocycles. The molecule has 0 radical (unpaired) electrons. The number of hydrogen-bond acceptors (Lipinski definition) is 3. The fourth-order valence-electron chi connectivity index (χ4n) is 2.39. The van der Waals surface area contributed by atoms with Gasteiger partial charge in [0, 0.05) is 13.2 Å². The van der Waals surface area contributed by atoms with Crippen molar-refractivity contribution >= 4 is 5.91 Å². The number of amides is 1. The van der Waals surface area contributed by atoms with Crippen LogP contribution in [0.15, 0.2) is 0 Å². The number of nitrogens with two attached hydrogens (primary N) is 1. The van der Waals surface area contributed by atoms with Crippen LogP contribution in [-0.4, -0.2) is 41.6 Å². The average Bonchev–Trinajstić information content (AvgIpc) is 2.62. The molecular weight excluding hydrogens is 180 g/mol. The zero-order valence-electron chi connectivity index (χ0n) is 8.82. The molecule has 0 aliphatic carbocycles. The van der Waals surface area contributed by atoms with Gasteiger partial charge in [0.15, 0.2) is 0 Å². The zero-order valence-corrected chi connectivity index (χ0v) is 8.82. The molecule has 1 amide bonds. The number of likely N-dealkylation sites (tertiary alicyclic amines) is 1. The van der Waals surface area contributed by atoms with Crippen molar-refractivity contribution in [1.82, 2.24) is 4.90 Å². The molecule has 0 bridgehead atoms. The van der Waals surface area contributed by atoms with Crippen molar-refractivity contribution in [2.24, 2.45) is 5.73 Å². The Bertz CT molecular complexity index is 257. The van der Waals surface area contributed by atoms with Crippen molar-refractivity contribution in [3.63, 3.8) is 0 Å². The molecule has 0 aromatic heterocycles. The van der Waals surface area contributed by atoms with Gasteiger partial charge in [-0.15, -0.1) is 0 Å². The second-order valence-electron chi connectivity index (χ2n) is 4.51. The van der Waals surface area contributed by atoms with Gasteiger partial charge in [0.25, 0.3) is 0 Å². The summed E-state index contributed by atoms with van der Waals surface area (Å²) in [7, 11) is 0. The van der Waals surface area contributed by atoms with E-state index in [9.17, 15) is 4.79 Å². The van der Waals surface area contributed by atoms with Crippen LogP contribution in [0.25, 0.3) is 0 Å². The van der Waals surface area contributed by atoms with E-state index in [0.29, 0.717) is 0 Å². The van der Waals surface area contributed by atoms with Crippen LogP contribution in [0, 0.1) is 0 Å². The van der Waals surface area contributed by atoms with Crippen LogP contribution in [0.4, 0.5) is 0 Å². The van der Waals surface area contributed by atoms with Crippen LogP contribution in [0.5, 0.6) is 0 Å². The van der Waals surface area contributed by atoms with Crippen molar-refractivity contribution in [2.75, 3.05) is 13.2 Å². The molecule has 80 valence electrons. The molecule has 2 aliphatic rings. The third kappa shape index (κ3) is 1.25. The number of hydrogen-bond donors (Lipinski definition) is 1. The summed E-state index contributed by atoms with van der Waals surface area (Å²) < 4.78 is 5.53. The van der Waals surface area contributed by atoms with Crippen LogP contribution in [0.2, 0.25) is 0 Å². The number of ether oxygens (including phenoxy) is 1. The smallest absolute Gasteiger partial charge is 0.240 e. The van der Waals surface area contributed by atoms with Crippen molar-refractivity contribution < 1.29 is 9.53 Å². The van der Waals surface area contributed by atoms with Gasteiger partial charge >= 0.3 is 0 Å². The maximum Gasteiger partial charge on any atom is 0.240 e. The first-order valence-electron chi connectivity index (χ1n) is 5.24. The molecule has 0 saturated carbocycles. The predicted molar refractivity (Wildman–Crippen MR) is 52.7 cm³/mol. The number of nitrogens with zero attached hydrogens (tertiary/aromatic N) is 1. The summed E-state index contributed by atoms with van der Waals surface area (Å²) >= 11 is 0. The maximum absolute atomic E-state index is 11.8. The summed E-state index contributed by atoms with van der Waals surface area (Å²) in [5.74, 6) is 0.0878. The van der Waals surface area contributed by atoms with Crippen LogP contribution in [0.3, 0.4) is 0 Å². The normalized spacial score (nSPS) is 43.6. The van der Waals surface area contributed by atoms with Crippen LogP contribution in [-0.2, 0) is 9.53 Å². The van der Waals surface area contributed by atoms with Gasteiger partial charge in [-0.05, 0) is 26.7 Å². The van der Waals surface area contributed by atoms with Crippen molar-refractivity contribution in [3.05, 3.63) is 0 Å². The fourth-order valence-corrected chi connectivity index (χ4v) is 2.39. The summed E-state index contributed by atoms with van der Waals surface area (Å²) in [6, 6.07) is -0.292. The molecular formula is C10H18N2O2. The molecule has 4 heteroatoms. The Hall–Kier alpha value is -0.610. The topological polar surface area (TPSA) is 55.6 Å². The van der Waals surface area contributed by atoms with Crippen molar-refractivity contribution in [1.29, 1.82) is 0 Å². The highest BCUT2D eigenvalue weighted by Gasteiger charge is 2.47. The lowest BCUT2D eigenvalue weighted by Gasteiger charge is -2.37. The van der Waals surface area contributed by atoms with E-state index in [1.165, 1.54) is 0 Å². The standard InChI is InChI=1S/C10H18N2O2/c1-7-10(2,4-6-14-7)12-5-3-8(11)9(12)13/h7-8H,3-6,11H2,1-2H3. The van der Waals surface area contributed by atoms with Gasteiger partial charge in [-0.1, -0.05) is 0 Å². The highest BCUT2D eigenvalue weighted by atomic mass is 16.5. The first-order chi connectivity index (χ1) is 6.55. The predicted octanol–water partition coefficient (Wildman–Crippen LogP) is 0.113. The lowest BCUT2D eigenvalue weighted by molar-refractivity contribution is -0.135. The number of rotatable bonds is 1. The van der Waals surface area contributed by atoms with E-state index in [-0.39, 0.29) is 23.6 Å². The Labute approximate surface area is 84.4 Å². The number of carbonyl (C=O) groups is 1. The van der Waals surface area contributed by atoms with Gasteiger partial charge in [-0.25, -0.2) is 0 Å². The van der Waals surface area contributed by atoms with Crippen LogP contribution < -0.4 is 5.73 Å². The molecule has 2 fully saturated rings. The van der Waals surface area contributed by atoms with E-state index in [1.54, 1.807) is 0 Å².